The molecule has 0 heterocycles. The van der Waals surface area contributed by atoms with Gasteiger partial charge in [0.15, 0.2) is 0 Å². The normalized spacial score (nSPS) is 12.1. The highest BCUT2D eigenvalue weighted by Crippen LogP contribution is 1.96. The van der Waals surface area contributed by atoms with Crippen LogP contribution in [0.15, 0.2) is 12.3 Å². The van der Waals surface area contributed by atoms with Crippen LogP contribution in [0.5, 0.6) is 0 Å². The molecule has 4 nitrogen and oxygen atoms in total. The second kappa shape index (κ2) is 7.82. The summed E-state index contributed by atoms with van der Waals surface area (Å²) in [4.78, 5) is 0. The Bertz CT molecular complexity index is 244. The molecule has 5 heteroatoms. The summed E-state index contributed by atoms with van der Waals surface area (Å²) in [5.41, 5.74) is 0. The molecule has 1 N–H and O–H groups in total. The van der Waals surface area contributed by atoms with E-state index in [1.54, 1.807) is 6.26 Å². The minimum Gasteiger partial charge on any atom is -0.502 e. The average molecular weight is 222 g/mol. The average Bonchev–Trinajstić information content (AvgIpc) is 2.08. The van der Waals surface area contributed by atoms with E-state index in [4.69, 9.17) is 9.29 Å². The zero-order chi connectivity index (χ0) is 10.9. The van der Waals surface area contributed by atoms with Gasteiger partial charge in [-0.25, -0.2) is 0 Å². The van der Waals surface area contributed by atoms with Crippen LogP contribution in [-0.2, 0) is 14.9 Å². The molecule has 0 rings (SSSR count). The molecular formula is C9H18O4S. The first-order chi connectivity index (χ1) is 6.56. The summed E-state index contributed by atoms with van der Waals surface area (Å²) < 4.78 is 34.1. The molecule has 0 aliphatic carbocycles. The fourth-order valence-electron chi connectivity index (χ4n) is 0.841. The molecular weight excluding hydrogens is 204 g/mol. The van der Waals surface area contributed by atoms with Crippen molar-refractivity contribution in [3.8, 4) is 0 Å². The highest BCUT2D eigenvalue weighted by Gasteiger charge is 2.02. The highest BCUT2D eigenvalue weighted by molar-refractivity contribution is 7.85. The van der Waals surface area contributed by atoms with Gasteiger partial charge in [-0.1, -0.05) is 13.3 Å². The monoisotopic (exact) mass is 222 g/mol. The van der Waals surface area contributed by atoms with Crippen LogP contribution in [0.4, 0.5) is 0 Å². The van der Waals surface area contributed by atoms with E-state index in [1.807, 2.05) is 6.08 Å². The first-order valence-corrected chi connectivity index (χ1v) is 6.39. The van der Waals surface area contributed by atoms with E-state index < -0.39 is 10.1 Å². The van der Waals surface area contributed by atoms with Gasteiger partial charge in [-0.2, -0.15) is 8.42 Å². The lowest BCUT2D eigenvalue weighted by Crippen LogP contribution is -2.04. The van der Waals surface area contributed by atoms with Crippen LogP contribution in [0.2, 0.25) is 0 Å². The fraction of sp³-hybridized carbons (Fsp3) is 0.778. The third-order valence-corrected chi connectivity index (χ3v) is 2.37. The van der Waals surface area contributed by atoms with Gasteiger partial charge in [0.1, 0.15) is 0 Å². The van der Waals surface area contributed by atoms with E-state index in [-0.39, 0.29) is 5.75 Å². The lowest BCUT2D eigenvalue weighted by molar-refractivity contribution is 0.242. The number of hydrogen-bond acceptors (Lipinski definition) is 3. The molecule has 0 aliphatic rings. The minimum atomic E-state index is -3.80. The summed E-state index contributed by atoms with van der Waals surface area (Å²) in [5.74, 6) is -0.185. The molecule has 0 amide bonds. The Labute approximate surface area is 85.7 Å². The van der Waals surface area contributed by atoms with Crippen LogP contribution in [-0.4, -0.2) is 25.3 Å². The smallest absolute Gasteiger partial charge is 0.264 e. The van der Waals surface area contributed by atoms with Crippen molar-refractivity contribution in [1.82, 2.24) is 0 Å². The van der Waals surface area contributed by atoms with E-state index in [0.717, 1.165) is 12.8 Å². The van der Waals surface area contributed by atoms with Gasteiger partial charge >= 0.3 is 0 Å². The van der Waals surface area contributed by atoms with Gasteiger partial charge in [-0.05, 0) is 25.3 Å². The molecule has 0 saturated carbocycles. The van der Waals surface area contributed by atoms with Gasteiger partial charge in [-0.15, -0.1) is 0 Å². The summed E-state index contributed by atoms with van der Waals surface area (Å²) in [6, 6.07) is 0. The number of ether oxygens (including phenoxy) is 1. The Morgan fingerprint density at radius 2 is 2.07 bits per heavy atom. The van der Waals surface area contributed by atoms with Crippen LogP contribution in [0.1, 0.15) is 32.6 Å². The summed E-state index contributed by atoms with van der Waals surface area (Å²) in [6.07, 6.45) is 6.71. The van der Waals surface area contributed by atoms with Gasteiger partial charge in [0.05, 0.1) is 18.6 Å². The fourth-order valence-corrected chi connectivity index (χ4v) is 1.41. The molecule has 0 radical (unpaired) electrons. The number of rotatable bonds is 8. The third kappa shape index (κ3) is 11.4. The Kier molecular flexibility index (Phi) is 7.51. The van der Waals surface area contributed by atoms with Crippen LogP contribution >= 0.6 is 0 Å². The first-order valence-electron chi connectivity index (χ1n) is 4.78. The highest BCUT2D eigenvalue weighted by atomic mass is 32.2. The van der Waals surface area contributed by atoms with Gasteiger partial charge in [0.2, 0.25) is 0 Å². The predicted octanol–water partition coefficient (Wildman–Crippen LogP) is 1.98. The van der Waals surface area contributed by atoms with Gasteiger partial charge in [0, 0.05) is 0 Å². The maximum atomic E-state index is 10.3. The maximum absolute atomic E-state index is 10.3. The van der Waals surface area contributed by atoms with Crippen LogP contribution in [0, 0.1) is 0 Å². The third-order valence-electron chi connectivity index (χ3n) is 1.56. The SMILES string of the molecule is CCCC=COCCCCS(=O)(=O)O. The summed E-state index contributed by atoms with van der Waals surface area (Å²) >= 11 is 0. The minimum absolute atomic E-state index is 0.185. The van der Waals surface area contributed by atoms with Crippen molar-refractivity contribution in [1.29, 1.82) is 0 Å². The second-order valence-corrected chi connectivity index (χ2v) is 4.60. The van der Waals surface area contributed by atoms with Crippen LogP contribution in [0.3, 0.4) is 0 Å². The molecule has 0 aromatic heterocycles. The van der Waals surface area contributed by atoms with E-state index in [0.29, 0.717) is 19.4 Å². The van der Waals surface area contributed by atoms with Gasteiger partial charge in [-0.3, -0.25) is 4.55 Å². The van der Waals surface area contributed by atoms with Crippen LogP contribution < -0.4 is 0 Å². The molecule has 0 aliphatic heterocycles. The van der Waals surface area contributed by atoms with E-state index in [9.17, 15) is 8.42 Å². The molecule has 0 aromatic carbocycles. The quantitative estimate of drug-likeness (QED) is 0.387. The lowest BCUT2D eigenvalue weighted by Gasteiger charge is -1.99. The lowest BCUT2D eigenvalue weighted by atomic mass is 10.3. The molecule has 84 valence electrons. The molecule has 0 atom stereocenters. The Morgan fingerprint density at radius 3 is 2.64 bits per heavy atom. The zero-order valence-electron chi connectivity index (χ0n) is 8.48. The second-order valence-electron chi connectivity index (χ2n) is 3.02. The maximum Gasteiger partial charge on any atom is 0.264 e. The van der Waals surface area contributed by atoms with Crippen LogP contribution in [0.25, 0.3) is 0 Å². The number of allylic oxidation sites excluding steroid dienone is 1. The molecule has 0 spiro atoms. The Hall–Kier alpha value is -0.550. The van der Waals surface area contributed by atoms with E-state index >= 15 is 0 Å². The van der Waals surface area contributed by atoms with Crippen molar-refractivity contribution in [3.63, 3.8) is 0 Å². The molecule has 0 unspecified atom stereocenters. The topological polar surface area (TPSA) is 63.6 Å². The van der Waals surface area contributed by atoms with Crippen molar-refractivity contribution >= 4 is 10.1 Å². The first kappa shape index (κ1) is 13.4. The van der Waals surface area contributed by atoms with Crippen molar-refractivity contribution in [2.24, 2.45) is 0 Å². The molecule has 0 fully saturated rings. The van der Waals surface area contributed by atoms with Gasteiger partial charge in [0.25, 0.3) is 10.1 Å². The molecule has 0 saturated heterocycles. The predicted molar refractivity (Wildman–Crippen MR) is 55.6 cm³/mol. The number of unbranched alkanes of at least 4 members (excludes halogenated alkanes) is 2. The largest absolute Gasteiger partial charge is 0.502 e. The van der Waals surface area contributed by atoms with Crippen molar-refractivity contribution in [3.05, 3.63) is 12.3 Å². The summed E-state index contributed by atoms with van der Waals surface area (Å²) in [7, 11) is -3.80. The molecule has 0 aromatic rings. The standard InChI is InChI=1S/C9H18O4S/c1-2-3-4-7-13-8-5-6-9-14(10,11)12/h4,7H,2-3,5-6,8-9H2,1H3,(H,10,11,12). The molecule has 0 bridgehead atoms. The van der Waals surface area contributed by atoms with Crippen molar-refractivity contribution in [2.45, 2.75) is 32.6 Å². The summed E-state index contributed by atoms with van der Waals surface area (Å²) in [5, 5.41) is 0. The Morgan fingerprint density at radius 1 is 1.36 bits per heavy atom. The van der Waals surface area contributed by atoms with Crippen molar-refractivity contribution < 1.29 is 17.7 Å². The number of hydrogen-bond donors (Lipinski definition) is 1. The summed E-state index contributed by atoms with van der Waals surface area (Å²) in [6.45, 7) is 2.58. The van der Waals surface area contributed by atoms with E-state index in [2.05, 4.69) is 6.92 Å². The molecule has 14 heavy (non-hydrogen) atoms. The van der Waals surface area contributed by atoms with Gasteiger partial charge < -0.3 is 4.74 Å². The zero-order valence-corrected chi connectivity index (χ0v) is 9.29. The Balaban J connectivity index is 3.22. The van der Waals surface area contributed by atoms with E-state index in [1.165, 1.54) is 0 Å². The van der Waals surface area contributed by atoms with Crippen molar-refractivity contribution in [2.75, 3.05) is 12.4 Å².